The van der Waals surface area contributed by atoms with Gasteiger partial charge in [-0.2, -0.15) is 5.01 Å². The van der Waals surface area contributed by atoms with Crippen LogP contribution in [0.15, 0.2) is 30.3 Å². The number of benzene rings is 1. The van der Waals surface area contributed by atoms with Crippen LogP contribution in [0.5, 0.6) is 0 Å². The third kappa shape index (κ3) is 5.32. The molecule has 0 spiro atoms. The van der Waals surface area contributed by atoms with Crippen molar-refractivity contribution in [3.8, 4) is 0 Å². The van der Waals surface area contributed by atoms with E-state index < -0.39 is 23.4 Å². The molecule has 2 atom stereocenters. The summed E-state index contributed by atoms with van der Waals surface area (Å²) >= 11 is 0. The number of hydrazine groups is 1. The predicted octanol–water partition coefficient (Wildman–Crippen LogP) is -0.696. The van der Waals surface area contributed by atoms with Crippen LogP contribution in [0.25, 0.3) is 0 Å². The van der Waals surface area contributed by atoms with Gasteiger partial charge in [0.05, 0.1) is 7.05 Å². The Morgan fingerprint density at radius 2 is 1.69 bits per heavy atom. The van der Waals surface area contributed by atoms with E-state index in [9.17, 15) is 19.2 Å². The Morgan fingerprint density at radius 3 is 2.24 bits per heavy atom. The SMILES string of the molecule is CC[C@]1(c2ccccc2)NC(=O)N(NC(=O)C[NH+](C)CC(=O)NC(C)(C)C)C1=O. The number of hydrogen-bond donors (Lipinski definition) is 4. The first-order valence-electron chi connectivity index (χ1n) is 9.62. The van der Waals surface area contributed by atoms with Crippen LogP contribution < -0.4 is 21.0 Å². The van der Waals surface area contributed by atoms with Gasteiger partial charge in [0.15, 0.2) is 13.1 Å². The Morgan fingerprint density at radius 1 is 1.10 bits per heavy atom. The van der Waals surface area contributed by atoms with Gasteiger partial charge in [-0.3, -0.25) is 19.8 Å². The van der Waals surface area contributed by atoms with Crippen molar-refractivity contribution in [3.63, 3.8) is 0 Å². The number of urea groups is 1. The van der Waals surface area contributed by atoms with Gasteiger partial charge in [-0.25, -0.2) is 4.79 Å². The van der Waals surface area contributed by atoms with Crippen molar-refractivity contribution in [2.24, 2.45) is 0 Å². The van der Waals surface area contributed by atoms with Crippen LogP contribution in [0.2, 0.25) is 0 Å². The minimum Gasteiger partial charge on any atom is -0.347 e. The number of imide groups is 1. The maximum absolute atomic E-state index is 13.0. The van der Waals surface area contributed by atoms with E-state index in [4.69, 9.17) is 0 Å². The fourth-order valence-corrected chi connectivity index (χ4v) is 3.28. The minimum atomic E-state index is -1.21. The highest BCUT2D eigenvalue weighted by atomic mass is 16.2. The lowest BCUT2D eigenvalue weighted by molar-refractivity contribution is -0.862. The topological polar surface area (TPSA) is 112 Å². The van der Waals surface area contributed by atoms with Crippen LogP contribution in [-0.4, -0.2) is 54.4 Å². The van der Waals surface area contributed by atoms with Crippen LogP contribution in [0.4, 0.5) is 4.79 Å². The van der Waals surface area contributed by atoms with Crippen LogP contribution in [0.1, 0.15) is 39.7 Å². The molecule has 1 fully saturated rings. The third-order valence-electron chi connectivity index (χ3n) is 4.56. The summed E-state index contributed by atoms with van der Waals surface area (Å²) in [5, 5.41) is 6.25. The number of nitrogens with zero attached hydrogens (tertiary/aromatic N) is 1. The predicted molar refractivity (Wildman–Crippen MR) is 106 cm³/mol. The number of likely N-dealkylation sites (N-methyl/N-ethyl adjacent to an activating group) is 1. The average Bonchev–Trinajstić information content (AvgIpc) is 2.85. The lowest BCUT2D eigenvalue weighted by Crippen LogP contribution is -3.11. The number of carbonyl (C=O) groups is 4. The average molecular weight is 404 g/mol. The van der Waals surface area contributed by atoms with E-state index in [1.54, 1.807) is 38.2 Å². The fourth-order valence-electron chi connectivity index (χ4n) is 3.28. The van der Waals surface area contributed by atoms with E-state index >= 15 is 0 Å². The summed E-state index contributed by atoms with van der Waals surface area (Å²) in [7, 11) is 1.69. The molecule has 158 valence electrons. The first-order chi connectivity index (χ1) is 13.5. The van der Waals surface area contributed by atoms with Crippen LogP contribution >= 0.6 is 0 Å². The van der Waals surface area contributed by atoms with E-state index in [1.807, 2.05) is 26.8 Å². The van der Waals surface area contributed by atoms with Gasteiger partial charge in [0.25, 0.3) is 17.7 Å². The zero-order valence-electron chi connectivity index (χ0n) is 17.6. The van der Waals surface area contributed by atoms with E-state index in [2.05, 4.69) is 16.1 Å². The molecular weight excluding hydrogens is 374 g/mol. The molecular formula is C20H30N5O4+. The smallest absolute Gasteiger partial charge is 0.344 e. The Balaban J connectivity index is 2.01. The summed E-state index contributed by atoms with van der Waals surface area (Å²) in [5.41, 5.74) is 1.45. The molecule has 0 saturated carbocycles. The largest absolute Gasteiger partial charge is 0.347 e. The third-order valence-corrected chi connectivity index (χ3v) is 4.56. The maximum Gasteiger partial charge on any atom is 0.344 e. The first-order valence-corrected chi connectivity index (χ1v) is 9.62. The monoisotopic (exact) mass is 404 g/mol. The fraction of sp³-hybridized carbons (Fsp3) is 0.500. The second-order valence-electron chi connectivity index (χ2n) is 8.34. The molecule has 1 heterocycles. The molecule has 0 aliphatic carbocycles. The van der Waals surface area contributed by atoms with Gasteiger partial charge < -0.3 is 15.5 Å². The number of nitrogens with one attached hydrogen (secondary N) is 4. The van der Waals surface area contributed by atoms with Gasteiger partial charge in [0.1, 0.15) is 5.54 Å². The second kappa shape index (κ2) is 8.60. The van der Waals surface area contributed by atoms with Crippen molar-refractivity contribution in [1.82, 2.24) is 21.1 Å². The van der Waals surface area contributed by atoms with Crippen molar-refractivity contribution in [2.75, 3.05) is 20.1 Å². The number of rotatable bonds is 7. The quantitative estimate of drug-likeness (QED) is 0.451. The van der Waals surface area contributed by atoms with E-state index in [-0.39, 0.29) is 24.5 Å². The molecule has 1 aliphatic rings. The maximum atomic E-state index is 13.0. The zero-order valence-corrected chi connectivity index (χ0v) is 17.6. The summed E-state index contributed by atoms with van der Waals surface area (Å²) in [4.78, 5) is 50.4. The highest BCUT2D eigenvalue weighted by Gasteiger charge is 2.52. The molecule has 1 saturated heterocycles. The Labute approximate surface area is 170 Å². The van der Waals surface area contributed by atoms with Crippen LogP contribution in [-0.2, 0) is 19.9 Å². The van der Waals surface area contributed by atoms with Crippen molar-refractivity contribution < 1.29 is 24.1 Å². The zero-order chi connectivity index (χ0) is 21.8. The molecule has 0 aromatic heterocycles. The van der Waals surface area contributed by atoms with E-state index in [0.717, 1.165) is 5.01 Å². The van der Waals surface area contributed by atoms with Gasteiger partial charge in [0.2, 0.25) is 0 Å². The number of carbonyl (C=O) groups excluding carboxylic acids is 4. The van der Waals surface area contributed by atoms with Gasteiger partial charge in [-0.1, -0.05) is 37.3 Å². The van der Waals surface area contributed by atoms with E-state index in [0.29, 0.717) is 16.9 Å². The van der Waals surface area contributed by atoms with Crippen LogP contribution in [0.3, 0.4) is 0 Å². The highest BCUT2D eigenvalue weighted by Crippen LogP contribution is 2.31. The van der Waals surface area contributed by atoms with Crippen LogP contribution in [0, 0.1) is 0 Å². The summed E-state index contributed by atoms with van der Waals surface area (Å²) in [6.07, 6.45) is 0.339. The Bertz CT molecular complexity index is 790. The highest BCUT2D eigenvalue weighted by molar-refractivity contribution is 6.08. The molecule has 1 aliphatic heterocycles. The van der Waals surface area contributed by atoms with Gasteiger partial charge in [-0.05, 0) is 32.8 Å². The molecule has 29 heavy (non-hydrogen) atoms. The molecule has 9 nitrogen and oxygen atoms in total. The molecule has 2 rings (SSSR count). The first kappa shape index (κ1) is 22.4. The van der Waals surface area contributed by atoms with Crippen molar-refractivity contribution in [2.45, 2.75) is 45.2 Å². The minimum absolute atomic E-state index is 0.0704. The van der Waals surface area contributed by atoms with Gasteiger partial charge >= 0.3 is 6.03 Å². The number of hydrogen-bond acceptors (Lipinski definition) is 4. The van der Waals surface area contributed by atoms with Gasteiger partial charge in [-0.15, -0.1) is 0 Å². The lowest BCUT2D eigenvalue weighted by Gasteiger charge is -2.25. The molecule has 1 aromatic rings. The summed E-state index contributed by atoms with van der Waals surface area (Å²) in [5.74, 6) is -1.26. The molecule has 0 bridgehead atoms. The lowest BCUT2D eigenvalue weighted by atomic mass is 9.87. The molecule has 5 amide bonds. The standard InChI is InChI=1S/C20H29N5O4/c1-6-20(14-10-8-7-9-11-14)17(28)25(18(29)22-20)23-16(27)13-24(5)12-15(26)21-19(2,3)4/h7-11H,6,12-13H2,1-5H3,(H,21,26)(H,22,29)(H,23,27)/p+1/t20-/m1/s1. The second-order valence-corrected chi connectivity index (χ2v) is 8.34. The summed E-state index contributed by atoms with van der Waals surface area (Å²) in [6, 6.07) is 8.24. The van der Waals surface area contributed by atoms with E-state index in [1.165, 1.54) is 0 Å². The molecule has 9 heteroatoms. The normalized spacial score (nSPS) is 20.2. The summed E-state index contributed by atoms with van der Waals surface area (Å²) in [6.45, 7) is 7.43. The Hall–Kier alpha value is -2.94. The number of amides is 5. The molecule has 4 N–H and O–H groups in total. The number of quaternary nitrogens is 1. The van der Waals surface area contributed by atoms with Crippen molar-refractivity contribution in [1.29, 1.82) is 0 Å². The Kier molecular flexibility index (Phi) is 6.63. The molecule has 0 radical (unpaired) electrons. The summed E-state index contributed by atoms with van der Waals surface area (Å²) < 4.78 is 0. The van der Waals surface area contributed by atoms with Crippen molar-refractivity contribution in [3.05, 3.63) is 35.9 Å². The molecule has 1 aromatic carbocycles. The molecule has 1 unspecified atom stereocenters. The van der Waals surface area contributed by atoms with Crippen molar-refractivity contribution >= 4 is 23.8 Å². The van der Waals surface area contributed by atoms with Gasteiger partial charge in [0, 0.05) is 5.54 Å².